The van der Waals surface area contributed by atoms with Crippen LogP contribution in [0.1, 0.15) is 23.2 Å². The van der Waals surface area contributed by atoms with Gasteiger partial charge in [-0.05, 0) is 18.6 Å². The van der Waals surface area contributed by atoms with Gasteiger partial charge < -0.3 is 9.47 Å². The van der Waals surface area contributed by atoms with Crippen LogP contribution in [0.4, 0.5) is 0 Å². The molecular formula is C16H15NO3S. The maximum Gasteiger partial charge on any atom is 0.337 e. The van der Waals surface area contributed by atoms with E-state index in [0.717, 1.165) is 28.4 Å². The summed E-state index contributed by atoms with van der Waals surface area (Å²) < 4.78 is 10.8. The van der Waals surface area contributed by atoms with Gasteiger partial charge in [-0.15, -0.1) is 11.3 Å². The smallest absolute Gasteiger partial charge is 0.337 e. The number of hydrogen-bond donors (Lipinski definition) is 0. The molecule has 0 radical (unpaired) electrons. The molecule has 0 amide bonds. The average molecular weight is 301 g/mol. The number of para-hydroxylation sites is 1. The fourth-order valence-corrected chi connectivity index (χ4v) is 2.77. The molecule has 0 N–H and O–H groups in total. The molecule has 0 saturated heterocycles. The number of aromatic nitrogens is 1. The van der Waals surface area contributed by atoms with Crippen molar-refractivity contribution in [2.75, 3.05) is 6.61 Å². The van der Waals surface area contributed by atoms with Crippen LogP contribution in [0.25, 0.3) is 6.08 Å². The molecule has 1 aromatic carbocycles. The summed E-state index contributed by atoms with van der Waals surface area (Å²) in [6, 6.07) is 7.61. The summed E-state index contributed by atoms with van der Waals surface area (Å²) in [6.07, 6.45) is 2.72. The molecule has 108 valence electrons. The molecule has 0 atom stereocenters. The topological polar surface area (TPSA) is 48.4 Å². The van der Waals surface area contributed by atoms with Gasteiger partial charge in [-0.3, -0.25) is 0 Å². The molecule has 21 heavy (non-hydrogen) atoms. The minimum atomic E-state index is -0.351. The van der Waals surface area contributed by atoms with Gasteiger partial charge in [0.15, 0.2) is 0 Å². The molecule has 1 aliphatic heterocycles. The average Bonchev–Trinajstić information content (AvgIpc) is 3.00. The predicted molar refractivity (Wildman–Crippen MR) is 81.2 cm³/mol. The van der Waals surface area contributed by atoms with E-state index in [0.29, 0.717) is 5.57 Å². The van der Waals surface area contributed by atoms with Crippen LogP contribution in [-0.2, 0) is 22.6 Å². The van der Waals surface area contributed by atoms with Crippen molar-refractivity contribution in [1.29, 1.82) is 0 Å². The highest BCUT2D eigenvalue weighted by molar-refractivity contribution is 7.09. The molecule has 0 spiro atoms. The third-order valence-electron chi connectivity index (χ3n) is 3.15. The molecule has 1 aromatic heterocycles. The van der Waals surface area contributed by atoms with Crippen LogP contribution < -0.4 is 4.74 Å². The highest BCUT2D eigenvalue weighted by Gasteiger charge is 2.18. The van der Waals surface area contributed by atoms with Gasteiger partial charge in [0.1, 0.15) is 19.0 Å². The first-order valence-corrected chi connectivity index (χ1v) is 7.67. The summed E-state index contributed by atoms with van der Waals surface area (Å²) in [5.41, 5.74) is 2.22. The van der Waals surface area contributed by atoms with Crippen LogP contribution in [0.15, 0.2) is 35.2 Å². The Morgan fingerprint density at radius 1 is 1.43 bits per heavy atom. The fourth-order valence-electron chi connectivity index (χ4n) is 2.04. The molecule has 4 nitrogen and oxygen atoms in total. The number of benzene rings is 1. The first kappa shape index (κ1) is 13.8. The number of carbonyl (C=O) groups is 1. The molecule has 3 rings (SSSR count). The van der Waals surface area contributed by atoms with E-state index in [1.807, 2.05) is 35.7 Å². The predicted octanol–water partition coefficient (Wildman–Crippen LogP) is 3.22. The molecule has 1 aliphatic rings. The van der Waals surface area contributed by atoms with Crippen molar-refractivity contribution in [2.24, 2.45) is 0 Å². The molecule has 0 bridgehead atoms. The minimum Gasteiger partial charge on any atom is -0.488 e. The first-order chi connectivity index (χ1) is 10.3. The van der Waals surface area contributed by atoms with Crippen molar-refractivity contribution in [3.05, 3.63) is 51.5 Å². The third kappa shape index (κ3) is 3.13. The lowest BCUT2D eigenvalue weighted by Crippen LogP contribution is -2.17. The van der Waals surface area contributed by atoms with Crippen LogP contribution >= 0.6 is 11.3 Å². The molecule has 2 heterocycles. The van der Waals surface area contributed by atoms with E-state index in [1.165, 1.54) is 0 Å². The van der Waals surface area contributed by atoms with E-state index >= 15 is 0 Å². The Bertz CT molecular complexity index is 690. The number of aryl methyl sites for hydroxylation is 1. The van der Waals surface area contributed by atoms with E-state index in [2.05, 4.69) is 11.9 Å². The van der Waals surface area contributed by atoms with E-state index in [1.54, 1.807) is 11.3 Å². The van der Waals surface area contributed by atoms with Gasteiger partial charge in [-0.1, -0.05) is 25.1 Å². The summed E-state index contributed by atoms with van der Waals surface area (Å²) in [5, 5.41) is 2.97. The molecule has 0 fully saturated rings. The quantitative estimate of drug-likeness (QED) is 0.814. The Morgan fingerprint density at radius 2 is 2.29 bits per heavy atom. The monoisotopic (exact) mass is 301 g/mol. The summed E-state index contributed by atoms with van der Waals surface area (Å²) in [7, 11) is 0. The second-order valence-electron chi connectivity index (χ2n) is 4.66. The lowest BCUT2D eigenvalue weighted by atomic mass is 10.1. The molecule has 0 unspecified atom stereocenters. The van der Waals surface area contributed by atoms with Crippen LogP contribution in [0, 0.1) is 0 Å². The SMILES string of the molecule is CCc1nc(COC(=O)C2=Cc3ccccc3OC2)cs1. The van der Waals surface area contributed by atoms with E-state index in [9.17, 15) is 4.79 Å². The standard InChI is InChI=1S/C16H15NO3S/c1-2-15-17-13(10-21-15)9-20-16(18)12-7-11-5-3-4-6-14(11)19-8-12/h3-7,10H,2,8-9H2,1H3. The van der Waals surface area contributed by atoms with Crippen molar-refractivity contribution in [3.8, 4) is 5.75 Å². The number of nitrogens with zero attached hydrogens (tertiary/aromatic N) is 1. The van der Waals surface area contributed by atoms with Crippen molar-refractivity contribution in [2.45, 2.75) is 20.0 Å². The van der Waals surface area contributed by atoms with Gasteiger partial charge in [0.2, 0.25) is 0 Å². The van der Waals surface area contributed by atoms with Crippen molar-refractivity contribution in [3.63, 3.8) is 0 Å². The van der Waals surface area contributed by atoms with Crippen molar-refractivity contribution in [1.82, 2.24) is 4.98 Å². The van der Waals surface area contributed by atoms with Crippen LogP contribution in [0.5, 0.6) is 5.75 Å². The Morgan fingerprint density at radius 3 is 3.10 bits per heavy atom. The van der Waals surface area contributed by atoms with E-state index in [4.69, 9.17) is 9.47 Å². The van der Waals surface area contributed by atoms with Gasteiger partial charge in [-0.2, -0.15) is 0 Å². The molecule has 5 heteroatoms. The summed E-state index contributed by atoms with van der Waals surface area (Å²) in [4.78, 5) is 16.4. The van der Waals surface area contributed by atoms with Gasteiger partial charge in [0, 0.05) is 10.9 Å². The van der Waals surface area contributed by atoms with Crippen LogP contribution in [-0.4, -0.2) is 17.6 Å². The van der Waals surface area contributed by atoms with Crippen LogP contribution in [0.3, 0.4) is 0 Å². The lowest BCUT2D eigenvalue weighted by molar-refractivity contribution is -0.140. The minimum absolute atomic E-state index is 0.203. The molecule has 0 aliphatic carbocycles. The third-order valence-corrected chi connectivity index (χ3v) is 4.19. The van der Waals surface area contributed by atoms with E-state index < -0.39 is 0 Å². The Balaban J connectivity index is 1.65. The maximum atomic E-state index is 12.1. The van der Waals surface area contributed by atoms with Gasteiger partial charge in [0.25, 0.3) is 0 Å². The second kappa shape index (κ2) is 6.10. The summed E-state index contributed by atoms with van der Waals surface area (Å²) in [6.45, 7) is 2.50. The summed E-state index contributed by atoms with van der Waals surface area (Å²) >= 11 is 1.59. The molecule has 0 saturated carbocycles. The number of esters is 1. The zero-order valence-corrected chi connectivity index (χ0v) is 12.5. The number of ether oxygens (including phenoxy) is 2. The number of hydrogen-bond acceptors (Lipinski definition) is 5. The summed E-state index contributed by atoms with van der Waals surface area (Å²) in [5.74, 6) is 0.441. The largest absolute Gasteiger partial charge is 0.488 e. The molecular weight excluding hydrogens is 286 g/mol. The number of thiazole rings is 1. The van der Waals surface area contributed by atoms with Gasteiger partial charge in [0.05, 0.1) is 16.3 Å². The van der Waals surface area contributed by atoms with Gasteiger partial charge >= 0.3 is 5.97 Å². The zero-order chi connectivity index (χ0) is 14.7. The highest BCUT2D eigenvalue weighted by atomic mass is 32.1. The fraction of sp³-hybridized carbons (Fsp3) is 0.250. The van der Waals surface area contributed by atoms with Gasteiger partial charge in [-0.25, -0.2) is 9.78 Å². The highest BCUT2D eigenvalue weighted by Crippen LogP contribution is 2.26. The number of fused-ring (bicyclic) bond motifs is 1. The van der Waals surface area contributed by atoms with E-state index in [-0.39, 0.29) is 19.2 Å². The first-order valence-electron chi connectivity index (χ1n) is 6.79. The number of carbonyl (C=O) groups excluding carboxylic acids is 1. The zero-order valence-electron chi connectivity index (χ0n) is 11.7. The lowest BCUT2D eigenvalue weighted by Gasteiger charge is -2.16. The van der Waals surface area contributed by atoms with Crippen molar-refractivity contribution >= 4 is 23.4 Å². The molecule has 2 aromatic rings. The normalized spacial score (nSPS) is 13.1. The van der Waals surface area contributed by atoms with Crippen molar-refractivity contribution < 1.29 is 14.3 Å². The maximum absolute atomic E-state index is 12.1. The number of rotatable bonds is 4. The Hall–Kier alpha value is -2.14. The Kier molecular flexibility index (Phi) is 4.01. The Labute approximate surface area is 127 Å². The second-order valence-corrected chi connectivity index (χ2v) is 5.60. The van der Waals surface area contributed by atoms with Crippen LogP contribution in [0.2, 0.25) is 0 Å².